The highest BCUT2D eigenvalue weighted by Gasteiger charge is 2.50. The van der Waals surface area contributed by atoms with Gasteiger partial charge in [-0.05, 0) is 17.5 Å². The van der Waals surface area contributed by atoms with Gasteiger partial charge in [-0.2, -0.15) is 0 Å². The van der Waals surface area contributed by atoms with Crippen molar-refractivity contribution in [3.63, 3.8) is 0 Å². The highest BCUT2D eigenvalue weighted by molar-refractivity contribution is 5.83. The Bertz CT molecular complexity index is 594. The Hall–Kier alpha value is -2.03. The molecule has 2 heterocycles. The Morgan fingerprint density at radius 1 is 1.36 bits per heavy atom. The van der Waals surface area contributed by atoms with Crippen molar-refractivity contribution < 1.29 is 14.5 Å². The van der Waals surface area contributed by atoms with E-state index >= 15 is 0 Å². The van der Waals surface area contributed by atoms with Gasteiger partial charge in [0.15, 0.2) is 12.3 Å². The molecule has 1 aromatic rings. The van der Waals surface area contributed by atoms with Crippen LogP contribution >= 0.6 is 0 Å². The van der Waals surface area contributed by atoms with Crippen LogP contribution in [0.25, 0.3) is 0 Å². The molecule has 0 aliphatic carbocycles. The Balaban J connectivity index is 1.76. The van der Waals surface area contributed by atoms with Crippen LogP contribution in [0.5, 0.6) is 0 Å². The molecule has 8 heteroatoms. The van der Waals surface area contributed by atoms with Crippen molar-refractivity contribution in [3.05, 3.63) is 45.5 Å². The first-order valence-corrected chi connectivity index (χ1v) is 7.14. The molecule has 0 spiro atoms. The van der Waals surface area contributed by atoms with E-state index in [1.165, 1.54) is 12.7 Å². The second-order valence-corrected chi connectivity index (χ2v) is 5.48. The van der Waals surface area contributed by atoms with Crippen molar-refractivity contribution in [1.82, 2.24) is 15.8 Å². The molecule has 1 aromatic carbocycles. The lowest BCUT2D eigenvalue weighted by molar-refractivity contribution is -0.532. The van der Waals surface area contributed by atoms with Gasteiger partial charge in [-0.25, -0.2) is 10.9 Å². The van der Waals surface area contributed by atoms with E-state index in [1.807, 2.05) is 24.3 Å². The number of benzene rings is 1. The lowest BCUT2D eigenvalue weighted by Gasteiger charge is -2.30. The third kappa shape index (κ3) is 2.56. The maximum atomic E-state index is 12.6. The van der Waals surface area contributed by atoms with Crippen LogP contribution < -0.4 is 10.9 Å². The Morgan fingerprint density at radius 3 is 2.77 bits per heavy atom. The SMILES string of the molecule is COC1NNC(C(=O)N2CCc3ccccc3C2)C1[N+](=O)[O-]. The van der Waals surface area contributed by atoms with E-state index in [1.54, 1.807) is 4.90 Å². The molecular weight excluding hydrogens is 288 g/mol. The number of hydrogen-bond acceptors (Lipinski definition) is 6. The minimum atomic E-state index is -1.14. The van der Waals surface area contributed by atoms with Gasteiger partial charge in [-0.3, -0.25) is 14.9 Å². The number of fused-ring (bicyclic) bond motifs is 1. The molecule has 0 radical (unpaired) electrons. The largest absolute Gasteiger partial charge is 0.358 e. The zero-order valence-corrected chi connectivity index (χ0v) is 12.2. The standard InChI is InChI=1S/C14H18N4O4/c1-22-13-12(18(20)21)11(15-16-13)14(19)17-7-6-9-4-2-3-5-10(9)8-17/h2-5,11-13,15-16H,6-8H2,1H3. The monoisotopic (exact) mass is 306 g/mol. The predicted molar refractivity (Wildman–Crippen MR) is 77.2 cm³/mol. The lowest BCUT2D eigenvalue weighted by atomic mass is 9.98. The van der Waals surface area contributed by atoms with Crippen molar-refractivity contribution in [2.24, 2.45) is 0 Å². The Labute approximate surface area is 127 Å². The maximum Gasteiger partial charge on any atom is 0.278 e. The van der Waals surface area contributed by atoms with E-state index in [-0.39, 0.29) is 5.91 Å². The van der Waals surface area contributed by atoms with E-state index in [0.717, 1.165) is 12.0 Å². The Morgan fingerprint density at radius 2 is 2.09 bits per heavy atom. The molecule has 1 amide bonds. The summed E-state index contributed by atoms with van der Waals surface area (Å²) in [6.07, 6.45) is -0.0557. The number of nitrogens with one attached hydrogen (secondary N) is 2. The van der Waals surface area contributed by atoms with Gasteiger partial charge in [0.25, 0.3) is 6.04 Å². The van der Waals surface area contributed by atoms with E-state index in [4.69, 9.17) is 4.74 Å². The zero-order valence-electron chi connectivity index (χ0n) is 12.2. The molecule has 2 aliphatic heterocycles. The van der Waals surface area contributed by atoms with Crippen molar-refractivity contribution in [1.29, 1.82) is 0 Å². The molecule has 0 aromatic heterocycles. The van der Waals surface area contributed by atoms with Crippen molar-refractivity contribution in [3.8, 4) is 0 Å². The smallest absolute Gasteiger partial charge is 0.278 e. The van der Waals surface area contributed by atoms with Gasteiger partial charge >= 0.3 is 0 Å². The number of amides is 1. The third-order valence-corrected chi connectivity index (χ3v) is 4.24. The van der Waals surface area contributed by atoms with Crippen molar-refractivity contribution >= 4 is 5.91 Å². The summed E-state index contributed by atoms with van der Waals surface area (Å²) in [6.45, 7) is 1.05. The number of ether oxygens (including phenoxy) is 1. The number of hydrogen-bond donors (Lipinski definition) is 2. The van der Waals surface area contributed by atoms with Crippen LogP contribution in [0.1, 0.15) is 11.1 Å². The molecule has 0 bridgehead atoms. The fraction of sp³-hybridized carbons (Fsp3) is 0.500. The van der Waals surface area contributed by atoms with Crippen LogP contribution in [0.3, 0.4) is 0 Å². The van der Waals surface area contributed by atoms with Gasteiger partial charge in [-0.15, -0.1) is 0 Å². The highest BCUT2D eigenvalue weighted by Crippen LogP contribution is 2.21. The fourth-order valence-electron chi connectivity index (χ4n) is 3.04. The first kappa shape index (κ1) is 14.9. The first-order valence-electron chi connectivity index (χ1n) is 7.14. The number of nitrogens with zero attached hydrogens (tertiary/aromatic N) is 2. The average molecular weight is 306 g/mol. The second kappa shape index (κ2) is 5.99. The topological polar surface area (TPSA) is 96.7 Å². The quantitative estimate of drug-likeness (QED) is 0.586. The molecule has 0 saturated carbocycles. The molecular formula is C14H18N4O4. The summed E-state index contributed by atoms with van der Waals surface area (Å²) in [7, 11) is 1.37. The number of carbonyl (C=O) groups excluding carboxylic acids is 1. The predicted octanol–water partition coefficient (Wildman–Crippen LogP) is -0.334. The summed E-state index contributed by atoms with van der Waals surface area (Å²) in [6, 6.07) is 5.87. The molecule has 22 heavy (non-hydrogen) atoms. The number of rotatable bonds is 3. The highest BCUT2D eigenvalue weighted by atomic mass is 16.6. The normalized spacial score (nSPS) is 27.5. The van der Waals surface area contributed by atoms with Crippen LogP contribution in [0.4, 0.5) is 0 Å². The van der Waals surface area contributed by atoms with Crippen LogP contribution in [0.15, 0.2) is 24.3 Å². The molecule has 2 N–H and O–H groups in total. The molecule has 8 nitrogen and oxygen atoms in total. The van der Waals surface area contributed by atoms with Crippen LogP contribution in [0.2, 0.25) is 0 Å². The summed E-state index contributed by atoms with van der Waals surface area (Å²) in [5.41, 5.74) is 7.69. The summed E-state index contributed by atoms with van der Waals surface area (Å²) in [4.78, 5) is 25.1. The summed E-state index contributed by atoms with van der Waals surface area (Å²) in [5.74, 6) is -0.275. The first-order chi connectivity index (χ1) is 10.6. The Kier molecular flexibility index (Phi) is 4.06. The summed E-state index contributed by atoms with van der Waals surface area (Å²) in [5, 5.41) is 11.2. The number of methoxy groups -OCH3 is 1. The van der Waals surface area contributed by atoms with E-state index in [9.17, 15) is 14.9 Å². The minimum Gasteiger partial charge on any atom is -0.358 e. The van der Waals surface area contributed by atoms with Gasteiger partial charge in [0.05, 0.1) is 0 Å². The number of hydrazine groups is 1. The average Bonchev–Trinajstić information content (AvgIpc) is 2.98. The molecule has 2 aliphatic rings. The molecule has 1 saturated heterocycles. The van der Waals surface area contributed by atoms with Gasteiger partial charge < -0.3 is 9.64 Å². The maximum absolute atomic E-state index is 12.6. The van der Waals surface area contributed by atoms with Crippen molar-refractivity contribution in [2.75, 3.05) is 13.7 Å². The zero-order chi connectivity index (χ0) is 15.7. The molecule has 3 rings (SSSR count). The second-order valence-electron chi connectivity index (χ2n) is 5.48. The van der Waals surface area contributed by atoms with Crippen LogP contribution in [-0.4, -0.2) is 47.7 Å². The van der Waals surface area contributed by atoms with Crippen LogP contribution in [-0.2, 0) is 22.5 Å². The fourth-order valence-corrected chi connectivity index (χ4v) is 3.04. The number of carbonyl (C=O) groups is 1. The van der Waals surface area contributed by atoms with Gasteiger partial charge in [0, 0.05) is 25.1 Å². The van der Waals surface area contributed by atoms with Crippen LogP contribution in [0, 0.1) is 10.1 Å². The van der Waals surface area contributed by atoms with Gasteiger partial charge in [0.1, 0.15) is 0 Å². The van der Waals surface area contributed by atoms with E-state index in [2.05, 4.69) is 10.9 Å². The van der Waals surface area contributed by atoms with E-state index < -0.39 is 23.2 Å². The minimum absolute atomic E-state index is 0.275. The molecule has 3 unspecified atom stereocenters. The summed E-state index contributed by atoms with van der Waals surface area (Å²) < 4.78 is 5.02. The molecule has 3 atom stereocenters. The third-order valence-electron chi connectivity index (χ3n) is 4.24. The number of nitro groups is 1. The lowest BCUT2D eigenvalue weighted by Crippen LogP contribution is -2.52. The van der Waals surface area contributed by atoms with E-state index in [0.29, 0.717) is 13.1 Å². The summed E-state index contributed by atoms with van der Waals surface area (Å²) >= 11 is 0. The molecule has 1 fully saturated rings. The molecule has 118 valence electrons. The van der Waals surface area contributed by atoms with Gasteiger partial charge in [-0.1, -0.05) is 24.3 Å². The van der Waals surface area contributed by atoms with Gasteiger partial charge in [0.2, 0.25) is 5.91 Å². The van der Waals surface area contributed by atoms with Crippen molar-refractivity contribution in [2.45, 2.75) is 31.3 Å².